The molecule has 1 aliphatic rings. The van der Waals surface area contributed by atoms with E-state index in [4.69, 9.17) is 4.74 Å². The van der Waals surface area contributed by atoms with Gasteiger partial charge in [0.15, 0.2) is 0 Å². The second kappa shape index (κ2) is 8.43. The number of ether oxygens (including phenoxy) is 1. The molecular weight excluding hydrogens is 208 g/mol. The highest BCUT2D eigenvalue weighted by Gasteiger charge is 2.15. The Kier molecular flexibility index (Phi) is 7.49. The minimum absolute atomic E-state index is 0.0847. The van der Waals surface area contributed by atoms with Crippen LogP contribution in [0, 0.1) is 0 Å². The summed E-state index contributed by atoms with van der Waals surface area (Å²) in [7, 11) is 0. The number of hydrogen-bond donors (Lipinski definition) is 1. The zero-order valence-corrected chi connectivity index (χ0v) is 10.6. The Morgan fingerprint density at radius 3 is 2.87 bits per heavy atom. The molecule has 2 nitrogen and oxygen atoms in total. The summed E-state index contributed by atoms with van der Waals surface area (Å²) < 4.78 is 5.55. The quantitative estimate of drug-likeness (QED) is 0.653. The van der Waals surface area contributed by atoms with Gasteiger partial charge in [-0.25, -0.2) is 0 Å². The maximum Gasteiger partial charge on any atom is 0.0576 e. The Bertz CT molecular complexity index is 147. The van der Waals surface area contributed by atoms with E-state index in [1.54, 1.807) is 0 Å². The number of hydrogen-bond acceptors (Lipinski definition) is 3. The van der Waals surface area contributed by atoms with Gasteiger partial charge in [0.1, 0.15) is 0 Å². The number of rotatable bonds is 8. The topological polar surface area (TPSA) is 29.5 Å². The van der Waals surface area contributed by atoms with Gasteiger partial charge >= 0.3 is 0 Å². The molecule has 2 unspecified atom stereocenters. The molecule has 0 bridgehead atoms. The average Bonchev–Trinajstić information content (AvgIpc) is 2.71. The van der Waals surface area contributed by atoms with Gasteiger partial charge in [-0.2, -0.15) is 11.8 Å². The molecule has 0 saturated carbocycles. The van der Waals surface area contributed by atoms with Crippen LogP contribution in [-0.2, 0) is 4.74 Å². The van der Waals surface area contributed by atoms with Crippen molar-refractivity contribution in [2.45, 2.75) is 57.2 Å². The van der Waals surface area contributed by atoms with Crippen LogP contribution in [0.1, 0.15) is 44.9 Å². The molecule has 15 heavy (non-hydrogen) atoms. The van der Waals surface area contributed by atoms with Crippen molar-refractivity contribution in [3.63, 3.8) is 0 Å². The summed E-state index contributed by atoms with van der Waals surface area (Å²) in [6, 6.07) is 0. The predicted octanol–water partition coefficient (Wildman–Crippen LogP) is 2.84. The molecule has 0 aliphatic carbocycles. The van der Waals surface area contributed by atoms with E-state index < -0.39 is 0 Å². The van der Waals surface area contributed by atoms with Crippen LogP contribution in [0.3, 0.4) is 0 Å². The Hall–Kier alpha value is 0.270. The highest BCUT2D eigenvalue weighted by Crippen LogP contribution is 2.19. The second-order valence-corrected chi connectivity index (χ2v) is 5.34. The molecule has 1 heterocycles. The fourth-order valence-electron chi connectivity index (χ4n) is 2.06. The fraction of sp³-hybridized carbons (Fsp3) is 1.00. The summed E-state index contributed by atoms with van der Waals surface area (Å²) in [5.74, 6) is 1.17. The van der Waals surface area contributed by atoms with Crippen LogP contribution >= 0.6 is 11.8 Å². The standard InChI is InChI=1S/C12H24O2S/c1-15-10-4-6-11(13)5-2-7-12-8-3-9-14-12/h11-13H,2-10H2,1H3. The van der Waals surface area contributed by atoms with Crippen molar-refractivity contribution in [2.75, 3.05) is 18.6 Å². The molecule has 1 fully saturated rings. The van der Waals surface area contributed by atoms with Crippen molar-refractivity contribution in [1.29, 1.82) is 0 Å². The van der Waals surface area contributed by atoms with Crippen molar-refractivity contribution in [2.24, 2.45) is 0 Å². The molecule has 0 amide bonds. The summed E-state index contributed by atoms with van der Waals surface area (Å²) in [6.07, 6.45) is 10.3. The van der Waals surface area contributed by atoms with Crippen molar-refractivity contribution in [1.82, 2.24) is 0 Å². The first kappa shape index (κ1) is 13.3. The Balaban J connectivity index is 1.89. The van der Waals surface area contributed by atoms with Gasteiger partial charge in [0.2, 0.25) is 0 Å². The van der Waals surface area contributed by atoms with Gasteiger partial charge in [-0.15, -0.1) is 0 Å². The zero-order chi connectivity index (χ0) is 10.9. The first-order chi connectivity index (χ1) is 7.33. The van der Waals surface area contributed by atoms with Crippen LogP contribution in [0.4, 0.5) is 0 Å². The van der Waals surface area contributed by atoms with E-state index in [2.05, 4.69) is 6.26 Å². The first-order valence-corrected chi connectivity index (χ1v) is 7.51. The van der Waals surface area contributed by atoms with E-state index >= 15 is 0 Å². The van der Waals surface area contributed by atoms with Crippen LogP contribution in [0.25, 0.3) is 0 Å². The van der Waals surface area contributed by atoms with Crippen LogP contribution in [0.2, 0.25) is 0 Å². The number of aliphatic hydroxyl groups excluding tert-OH is 1. The van der Waals surface area contributed by atoms with Gasteiger partial charge in [-0.05, 0) is 57.0 Å². The Morgan fingerprint density at radius 2 is 2.20 bits per heavy atom. The summed E-state index contributed by atoms with van der Waals surface area (Å²) in [4.78, 5) is 0. The van der Waals surface area contributed by atoms with Gasteiger partial charge in [0.25, 0.3) is 0 Å². The second-order valence-electron chi connectivity index (χ2n) is 4.35. The van der Waals surface area contributed by atoms with E-state index in [0.717, 1.165) is 38.7 Å². The summed E-state index contributed by atoms with van der Waals surface area (Å²) in [5.41, 5.74) is 0. The van der Waals surface area contributed by atoms with E-state index in [9.17, 15) is 5.11 Å². The molecule has 1 N–H and O–H groups in total. The van der Waals surface area contributed by atoms with Crippen LogP contribution in [0.15, 0.2) is 0 Å². The lowest BCUT2D eigenvalue weighted by molar-refractivity contribution is 0.0932. The van der Waals surface area contributed by atoms with Crippen molar-refractivity contribution in [3.05, 3.63) is 0 Å². The van der Waals surface area contributed by atoms with Gasteiger partial charge in [-0.1, -0.05) is 0 Å². The molecule has 0 spiro atoms. The smallest absolute Gasteiger partial charge is 0.0576 e. The normalized spacial score (nSPS) is 23.2. The van der Waals surface area contributed by atoms with E-state index in [1.165, 1.54) is 18.6 Å². The SMILES string of the molecule is CSCCCC(O)CCCC1CCCO1. The van der Waals surface area contributed by atoms with Gasteiger partial charge < -0.3 is 9.84 Å². The predicted molar refractivity (Wildman–Crippen MR) is 66.4 cm³/mol. The lowest BCUT2D eigenvalue weighted by Gasteiger charge is -2.12. The van der Waals surface area contributed by atoms with E-state index in [0.29, 0.717) is 6.10 Å². The number of thioether (sulfide) groups is 1. The van der Waals surface area contributed by atoms with Gasteiger partial charge in [-0.3, -0.25) is 0 Å². The third-order valence-electron chi connectivity index (χ3n) is 2.97. The highest BCUT2D eigenvalue weighted by atomic mass is 32.2. The molecule has 1 saturated heterocycles. The molecule has 0 aromatic rings. The van der Waals surface area contributed by atoms with Gasteiger partial charge in [0, 0.05) is 6.61 Å². The monoisotopic (exact) mass is 232 g/mol. The maximum atomic E-state index is 9.70. The molecule has 0 aromatic carbocycles. The van der Waals surface area contributed by atoms with E-state index in [1.807, 2.05) is 11.8 Å². The number of aliphatic hydroxyl groups is 1. The summed E-state index contributed by atoms with van der Waals surface area (Å²) >= 11 is 1.86. The molecule has 0 aromatic heterocycles. The van der Waals surface area contributed by atoms with Gasteiger partial charge in [0.05, 0.1) is 12.2 Å². The van der Waals surface area contributed by atoms with Crippen LogP contribution in [-0.4, -0.2) is 35.9 Å². The first-order valence-electron chi connectivity index (χ1n) is 6.11. The average molecular weight is 232 g/mol. The van der Waals surface area contributed by atoms with Crippen molar-refractivity contribution in [3.8, 4) is 0 Å². The molecule has 0 radical (unpaired) electrons. The Labute approximate surface area is 97.8 Å². The molecule has 90 valence electrons. The fourth-order valence-corrected chi connectivity index (χ4v) is 2.52. The molecular formula is C12H24O2S. The Morgan fingerprint density at radius 1 is 1.40 bits per heavy atom. The minimum Gasteiger partial charge on any atom is -0.393 e. The third-order valence-corrected chi connectivity index (χ3v) is 3.67. The lowest BCUT2D eigenvalue weighted by atomic mass is 10.0. The largest absolute Gasteiger partial charge is 0.393 e. The molecule has 3 heteroatoms. The lowest BCUT2D eigenvalue weighted by Crippen LogP contribution is -2.10. The molecule has 1 aliphatic heterocycles. The summed E-state index contributed by atoms with van der Waals surface area (Å²) in [6.45, 7) is 0.945. The minimum atomic E-state index is -0.0847. The van der Waals surface area contributed by atoms with E-state index in [-0.39, 0.29) is 6.10 Å². The molecule has 1 rings (SSSR count). The van der Waals surface area contributed by atoms with Crippen LogP contribution < -0.4 is 0 Å². The zero-order valence-electron chi connectivity index (χ0n) is 9.78. The van der Waals surface area contributed by atoms with Crippen molar-refractivity contribution >= 4 is 11.8 Å². The highest BCUT2D eigenvalue weighted by molar-refractivity contribution is 7.98. The van der Waals surface area contributed by atoms with Crippen LogP contribution in [0.5, 0.6) is 0 Å². The third kappa shape index (κ3) is 6.44. The summed E-state index contributed by atoms with van der Waals surface area (Å²) in [5, 5.41) is 9.70. The molecule has 2 atom stereocenters. The maximum absolute atomic E-state index is 9.70. The van der Waals surface area contributed by atoms with Crippen molar-refractivity contribution < 1.29 is 9.84 Å².